The van der Waals surface area contributed by atoms with Crippen LogP contribution in [0.1, 0.15) is 18.4 Å². The fourth-order valence-electron chi connectivity index (χ4n) is 2.64. The molecule has 1 aromatic carbocycles. The average Bonchev–Trinajstić information content (AvgIpc) is 2.83. The number of nitrogens with zero attached hydrogens (tertiary/aromatic N) is 2. The van der Waals surface area contributed by atoms with E-state index < -0.39 is 0 Å². The van der Waals surface area contributed by atoms with Gasteiger partial charge in [0.15, 0.2) is 5.13 Å². The molecule has 0 spiro atoms. The first-order chi connectivity index (χ1) is 9.17. The highest BCUT2D eigenvalue weighted by atomic mass is 35.5. The van der Waals surface area contributed by atoms with Crippen molar-refractivity contribution >= 4 is 38.3 Å². The Kier molecular flexibility index (Phi) is 3.65. The number of rotatable bonds is 2. The minimum Gasteiger partial charge on any atom is -0.348 e. The lowest BCUT2D eigenvalue weighted by Gasteiger charge is -2.30. The molecule has 19 heavy (non-hydrogen) atoms. The molecule has 102 valence electrons. The number of nitrogens with two attached hydrogens (primary N) is 1. The summed E-state index contributed by atoms with van der Waals surface area (Å²) in [6, 6.07) is 3.99. The number of benzene rings is 1. The average molecular weight is 296 g/mol. The Morgan fingerprint density at radius 2 is 2.16 bits per heavy atom. The van der Waals surface area contributed by atoms with Gasteiger partial charge in [0.25, 0.3) is 0 Å². The minimum atomic E-state index is 0.682. The van der Waals surface area contributed by atoms with Gasteiger partial charge in [-0.05, 0) is 49.9 Å². The van der Waals surface area contributed by atoms with Crippen LogP contribution in [-0.2, 0) is 0 Å². The van der Waals surface area contributed by atoms with E-state index >= 15 is 0 Å². The standard InChI is InChI=1S/C14H18ClN3S/c1-9-6-11(15)7-12-13(9)17-14(19-12)18-4-2-10(8-16)3-5-18/h6-7,10H,2-5,8,16H2,1H3. The van der Waals surface area contributed by atoms with Gasteiger partial charge in [0.2, 0.25) is 0 Å². The maximum absolute atomic E-state index is 6.11. The Morgan fingerprint density at radius 1 is 1.42 bits per heavy atom. The van der Waals surface area contributed by atoms with Crippen LogP contribution in [0.2, 0.25) is 5.02 Å². The summed E-state index contributed by atoms with van der Waals surface area (Å²) >= 11 is 7.85. The fraction of sp³-hybridized carbons (Fsp3) is 0.500. The molecule has 0 amide bonds. The molecule has 1 aromatic heterocycles. The van der Waals surface area contributed by atoms with Crippen LogP contribution in [0.15, 0.2) is 12.1 Å². The Morgan fingerprint density at radius 3 is 2.84 bits per heavy atom. The third kappa shape index (κ3) is 2.57. The summed E-state index contributed by atoms with van der Waals surface area (Å²) in [5, 5.41) is 1.91. The van der Waals surface area contributed by atoms with E-state index in [9.17, 15) is 0 Å². The summed E-state index contributed by atoms with van der Waals surface area (Å²) in [7, 11) is 0. The van der Waals surface area contributed by atoms with Crippen LogP contribution >= 0.6 is 22.9 Å². The largest absolute Gasteiger partial charge is 0.348 e. The van der Waals surface area contributed by atoms with Crippen molar-refractivity contribution in [3.8, 4) is 0 Å². The predicted molar refractivity (Wildman–Crippen MR) is 83.4 cm³/mol. The number of halogens is 1. The monoisotopic (exact) mass is 295 g/mol. The van der Waals surface area contributed by atoms with Gasteiger partial charge in [0, 0.05) is 18.1 Å². The van der Waals surface area contributed by atoms with Gasteiger partial charge in [-0.15, -0.1) is 0 Å². The van der Waals surface area contributed by atoms with Crippen LogP contribution in [0.4, 0.5) is 5.13 Å². The molecular weight excluding hydrogens is 278 g/mol. The Hall–Kier alpha value is -0.840. The Balaban J connectivity index is 1.88. The molecule has 0 unspecified atom stereocenters. The van der Waals surface area contributed by atoms with Crippen molar-refractivity contribution in [2.45, 2.75) is 19.8 Å². The number of thiazole rings is 1. The first-order valence-corrected chi connectivity index (χ1v) is 7.88. The summed E-state index contributed by atoms with van der Waals surface area (Å²) < 4.78 is 1.18. The zero-order valence-electron chi connectivity index (χ0n) is 11.0. The SMILES string of the molecule is Cc1cc(Cl)cc2sc(N3CCC(CN)CC3)nc12. The molecule has 1 fully saturated rings. The fourth-order valence-corrected chi connectivity index (χ4v) is 4.11. The molecule has 0 bridgehead atoms. The van der Waals surface area contributed by atoms with Crippen molar-refractivity contribution in [2.75, 3.05) is 24.5 Å². The number of piperidine rings is 1. The number of aromatic nitrogens is 1. The minimum absolute atomic E-state index is 0.682. The molecule has 2 aromatic rings. The lowest BCUT2D eigenvalue weighted by atomic mass is 9.98. The summed E-state index contributed by atoms with van der Waals surface area (Å²) in [5.41, 5.74) is 7.98. The zero-order valence-corrected chi connectivity index (χ0v) is 12.6. The van der Waals surface area contributed by atoms with Crippen molar-refractivity contribution in [3.05, 3.63) is 22.7 Å². The molecule has 1 saturated heterocycles. The van der Waals surface area contributed by atoms with Gasteiger partial charge in [0.05, 0.1) is 10.2 Å². The molecule has 0 atom stereocenters. The highest BCUT2D eigenvalue weighted by Gasteiger charge is 2.21. The first-order valence-electron chi connectivity index (χ1n) is 6.69. The van der Waals surface area contributed by atoms with E-state index in [1.54, 1.807) is 11.3 Å². The molecule has 0 saturated carbocycles. The summed E-state index contributed by atoms with van der Waals surface area (Å²) in [6.45, 7) is 5.00. The van der Waals surface area contributed by atoms with Gasteiger partial charge < -0.3 is 10.6 Å². The van der Waals surface area contributed by atoms with E-state index in [4.69, 9.17) is 22.3 Å². The molecule has 2 heterocycles. The third-order valence-electron chi connectivity index (χ3n) is 3.86. The van der Waals surface area contributed by atoms with Gasteiger partial charge in [-0.25, -0.2) is 4.98 Å². The molecule has 1 aliphatic rings. The van der Waals surface area contributed by atoms with Crippen LogP contribution in [0, 0.1) is 12.8 Å². The van der Waals surface area contributed by atoms with Crippen LogP contribution < -0.4 is 10.6 Å². The van der Waals surface area contributed by atoms with Gasteiger partial charge >= 0.3 is 0 Å². The number of fused-ring (bicyclic) bond motifs is 1. The summed E-state index contributed by atoms with van der Waals surface area (Å²) in [4.78, 5) is 7.16. The van der Waals surface area contributed by atoms with Crippen molar-refractivity contribution in [1.82, 2.24) is 4.98 Å². The van der Waals surface area contributed by atoms with E-state index in [0.29, 0.717) is 5.92 Å². The topological polar surface area (TPSA) is 42.1 Å². The van der Waals surface area contributed by atoms with Crippen LogP contribution in [0.3, 0.4) is 0 Å². The molecule has 0 aliphatic carbocycles. The Bertz CT molecular complexity index is 588. The highest BCUT2D eigenvalue weighted by molar-refractivity contribution is 7.22. The second-order valence-corrected chi connectivity index (χ2v) is 6.68. The van der Waals surface area contributed by atoms with Crippen molar-refractivity contribution < 1.29 is 0 Å². The van der Waals surface area contributed by atoms with Crippen molar-refractivity contribution in [1.29, 1.82) is 0 Å². The molecule has 5 heteroatoms. The normalized spacial score (nSPS) is 17.3. The van der Waals surface area contributed by atoms with Crippen LogP contribution in [-0.4, -0.2) is 24.6 Å². The van der Waals surface area contributed by atoms with Crippen molar-refractivity contribution in [2.24, 2.45) is 11.7 Å². The quantitative estimate of drug-likeness (QED) is 0.923. The zero-order chi connectivity index (χ0) is 13.4. The van der Waals surface area contributed by atoms with Gasteiger partial charge in [-0.3, -0.25) is 0 Å². The van der Waals surface area contributed by atoms with Crippen LogP contribution in [0.5, 0.6) is 0 Å². The van der Waals surface area contributed by atoms with Crippen molar-refractivity contribution in [3.63, 3.8) is 0 Å². The van der Waals surface area contributed by atoms with Gasteiger partial charge in [-0.1, -0.05) is 22.9 Å². The van der Waals surface area contributed by atoms with E-state index in [0.717, 1.165) is 40.9 Å². The molecule has 0 radical (unpaired) electrons. The number of hydrogen-bond acceptors (Lipinski definition) is 4. The number of hydrogen-bond donors (Lipinski definition) is 1. The number of aryl methyl sites for hydroxylation is 1. The van der Waals surface area contributed by atoms with Crippen LogP contribution in [0.25, 0.3) is 10.2 Å². The third-order valence-corrected chi connectivity index (χ3v) is 5.14. The van der Waals surface area contributed by atoms with Gasteiger partial charge in [0.1, 0.15) is 0 Å². The predicted octanol–water partition coefficient (Wildman–Crippen LogP) is 3.43. The summed E-state index contributed by atoms with van der Waals surface area (Å²) in [6.07, 6.45) is 2.35. The van der Waals surface area contributed by atoms with Gasteiger partial charge in [-0.2, -0.15) is 0 Å². The van der Waals surface area contributed by atoms with E-state index in [1.807, 2.05) is 12.1 Å². The number of anilines is 1. The van der Waals surface area contributed by atoms with E-state index in [-0.39, 0.29) is 0 Å². The highest BCUT2D eigenvalue weighted by Crippen LogP contribution is 2.34. The second kappa shape index (κ2) is 5.27. The maximum atomic E-state index is 6.11. The molecule has 1 aliphatic heterocycles. The van der Waals surface area contributed by atoms with E-state index in [1.165, 1.54) is 17.5 Å². The molecule has 3 rings (SSSR count). The lowest BCUT2D eigenvalue weighted by Crippen LogP contribution is -2.35. The maximum Gasteiger partial charge on any atom is 0.186 e. The second-order valence-electron chi connectivity index (χ2n) is 5.23. The Labute approximate surface area is 122 Å². The lowest BCUT2D eigenvalue weighted by molar-refractivity contribution is 0.414. The molecule has 3 nitrogen and oxygen atoms in total. The molecular formula is C14H18ClN3S. The van der Waals surface area contributed by atoms with E-state index in [2.05, 4.69) is 11.8 Å². The first kappa shape index (κ1) is 13.2. The smallest absolute Gasteiger partial charge is 0.186 e. The summed E-state index contributed by atoms with van der Waals surface area (Å²) in [5.74, 6) is 0.682. The molecule has 2 N–H and O–H groups in total.